The fourth-order valence-electron chi connectivity index (χ4n) is 1.69. The van der Waals surface area contributed by atoms with Gasteiger partial charge in [-0.3, -0.25) is 4.99 Å². The molecule has 0 radical (unpaired) electrons. The van der Waals surface area contributed by atoms with Gasteiger partial charge in [-0.15, -0.1) is 0 Å². The smallest absolute Gasteiger partial charge is 0.0722 e. The van der Waals surface area contributed by atoms with E-state index in [1.807, 2.05) is 54.6 Å². The number of aliphatic imine (C=N–C) groups is 1. The quantitative estimate of drug-likeness (QED) is 0.820. The van der Waals surface area contributed by atoms with E-state index in [1.54, 1.807) is 0 Å². The largest absolute Gasteiger partial charge is 0.398 e. The molecule has 0 unspecified atom stereocenters. The summed E-state index contributed by atoms with van der Waals surface area (Å²) >= 11 is 0. The molecule has 0 saturated heterocycles. The Morgan fingerprint density at radius 3 is 2.53 bits per heavy atom. The Morgan fingerprint density at radius 2 is 1.82 bits per heavy atom. The lowest BCUT2D eigenvalue weighted by Gasteiger charge is -2.11. The second kappa shape index (κ2) is 5.12. The van der Waals surface area contributed by atoms with Crippen LogP contribution in [0.2, 0.25) is 0 Å². The summed E-state index contributed by atoms with van der Waals surface area (Å²) in [5.74, 6) is 0. The third kappa shape index (κ3) is 2.42. The maximum atomic E-state index is 6.17. The van der Waals surface area contributed by atoms with Gasteiger partial charge in [-0.05, 0) is 11.6 Å². The Labute approximate surface area is 101 Å². The molecule has 0 atom stereocenters. The average molecular weight is 222 g/mol. The molecule has 2 heteroatoms. The van der Waals surface area contributed by atoms with Gasteiger partial charge in [0.15, 0.2) is 0 Å². The molecule has 0 fully saturated rings. The van der Waals surface area contributed by atoms with E-state index in [2.05, 4.69) is 11.6 Å². The number of nitrogens with two attached hydrogens (primary N) is 1. The zero-order valence-corrected chi connectivity index (χ0v) is 9.51. The standard InChI is InChI=1S/C15H14N2/c1-2-17-14-11-7-6-10-13(14)15(16)12-8-4-3-5-9-12/h2-11H,1,16H2/b15-13-,17-14-. The van der Waals surface area contributed by atoms with E-state index in [1.165, 1.54) is 6.20 Å². The van der Waals surface area contributed by atoms with Crippen molar-refractivity contribution in [3.8, 4) is 0 Å². The fraction of sp³-hybridized carbons (Fsp3) is 0. The SMILES string of the molecule is C=C/N=C1/C=CC=C/C1=C(/N)c1ccccc1. The van der Waals surface area contributed by atoms with Gasteiger partial charge < -0.3 is 5.73 Å². The predicted octanol–water partition coefficient (Wildman–Crippen LogP) is 3.07. The Morgan fingerprint density at radius 1 is 1.12 bits per heavy atom. The molecule has 17 heavy (non-hydrogen) atoms. The summed E-state index contributed by atoms with van der Waals surface area (Å²) in [6.45, 7) is 3.61. The van der Waals surface area contributed by atoms with Crippen LogP contribution < -0.4 is 5.73 Å². The molecule has 2 N–H and O–H groups in total. The Balaban J connectivity index is 2.50. The third-order valence-electron chi connectivity index (χ3n) is 2.51. The van der Waals surface area contributed by atoms with Gasteiger partial charge >= 0.3 is 0 Å². The number of hydrogen-bond acceptors (Lipinski definition) is 2. The van der Waals surface area contributed by atoms with Crippen LogP contribution in [0.4, 0.5) is 0 Å². The fourth-order valence-corrected chi connectivity index (χ4v) is 1.69. The lowest BCUT2D eigenvalue weighted by atomic mass is 9.99. The monoisotopic (exact) mass is 222 g/mol. The summed E-state index contributed by atoms with van der Waals surface area (Å²) < 4.78 is 0. The summed E-state index contributed by atoms with van der Waals surface area (Å²) in [5.41, 5.74) is 9.66. The summed E-state index contributed by atoms with van der Waals surface area (Å²) in [4.78, 5) is 4.22. The third-order valence-corrected chi connectivity index (χ3v) is 2.51. The van der Waals surface area contributed by atoms with Crippen LogP contribution in [0.3, 0.4) is 0 Å². The highest BCUT2D eigenvalue weighted by molar-refractivity contribution is 6.16. The molecule has 1 aliphatic carbocycles. The molecule has 2 nitrogen and oxygen atoms in total. The van der Waals surface area contributed by atoms with Gasteiger partial charge in [0, 0.05) is 17.5 Å². The van der Waals surface area contributed by atoms with Crippen molar-refractivity contribution in [2.45, 2.75) is 0 Å². The molecule has 0 amide bonds. The number of benzene rings is 1. The van der Waals surface area contributed by atoms with Crippen LogP contribution in [-0.2, 0) is 0 Å². The first kappa shape index (κ1) is 11.1. The van der Waals surface area contributed by atoms with Crippen molar-refractivity contribution in [1.29, 1.82) is 0 Å². The highest BCUT2D eigenvalue weighted by atomic mass is 14.7. The molecule has 84 valence electrons. The van der Waals surface area contributed by atoms with Crippen LogP contribution in [0.15, 0.2) is 78.0 Å². The minimum atomic E-state index is 0.729. The first-order valence-electron chi connectivity index (χ1n) is 5.42. The molecule has 1 aromatic rings. The van der Waals surface area contributed by atoms with Crippen LogP contribution in [0, 0.1) is 0 Å². The first-order chi connectivity index (χ1) is 8.33. The molecule has 0 aliphatic heterocycles. The van der Waals surface area contributed by atoms with Crippen molar-refractivity contribution < 1.29 is 0 Å². The van der Waals surface area contributed by atoms with Gasteiger partial charge in [-0.25, -0.2) is 0 Å². The zero-order valence-electron chi connectivity index (χ0n) is 9.51. The van der Waals surface area contributed by atoms with E-state index >= 15 is 0 Å². The highest BCUT2D eigenvalue weighted by Crippen LogP contribution is 2.18. The van der Waals surface area contributed by atoms with Crippen molar-refractivity contribution >= 4 is 11.4 Å². The lowest BCUT2D eigenvalue weighted by Crippen LogP contribution is -2.08. The second-order valence-electron chi connectivity index (χ2n) is 3.61. The summed E-state index contributed by atoms with van der Waals surface area (Å²) in [6.07, 6.45) is 9.30. The first-order valence-corrected chi connectivity index (χ1v) is 5.42. The van der Waals surface area contributed by atoms with E-state index in [9.17, 15) is 0 Å². The lowest BCUT2D eigenvalue weighted by molar-refractivity contribution is 1.47. The number of hydrogen-bond donors (Lipinski definition) is 1. The Hall–Kier alpha value is -2.35. The molecule has 0 heterocycles. The van der Waals surface area contributed by atoms with Gasteiger partial charge in [0.05, 0.1) is 5.71 Å². The van der Waals surface area contributed by atoms with Gasteiger partial charge in [0.2, 0.25) is 0 Å². The Kier molecular flexibility index (Phi) is 3.36. The van der Waals surface area contributed by atoms with E-state index in [4.69, 9.17) is 5.73 Å². The molecule has 0 spiro atoms. The molecule has 1 aliphatic rings. The summed E-state index contributed by atoms with van der Waals surface area (Å²) in [7, 11) is 0. The normalized spacial score (nSPS) is 19.4. The minimum Gasteiger partial charge on any atom is -0.398 e. The molecule has 2 rings (SSSR count). The summed E-state index contributed by atoms with van der Waals surface area (Å²) in [6, 6.07) is 9.88. The zero-order chi connectivity index (χ0) is 12.1. The van der Waals surface area contributed by atoms with E-state index in [0.29, 0.717) is 0 Å². The topological polar surface area (TPSA) is 38.4 Å². The van der Waals surface area contributed by atoms with Crippen molar-refractivity contribution in [2.24, 2.45) is 10.7 Å². The molecule has 0 bridgehead atoms. The maximum Gasteiger partial charge on any atom is 0.0722 e. The maximum absolute atomic E-state index is 6.17. The molecule has 0 saturated carbocycles. The van der Waals surface area contributed by atoms with Crippen molar-refractivity contribution in [3.05, 3.63) is 78.6 Å². The predicted molar refractivity (Wildman–Crippen MR) is 73.5 cm³/mol. The van der Waals surface area contributed by atoms with Crippen molar-refractivity contribution in [3.63, 3.8) is 0 Å². The van der Waals surface area contributed by atoms with Crippen LogP contribution in [0.5, 0.6) is 0 Å². The second-order valence-corrected chi connectivity index (χ2v) is 3.61. The number of nitrogens with zero attached hydrogens (tertiary/aromatic N) is 1. The van der Waals surface area contributed by atoms with E-state index in [-0.39, 0.29) is 0 Å². The highest BCUT2D eigenvalue weighted by Gasteiger charge is 2.09. The summed E-state index contributed by atoms with van der Waals surface area (Å²) in [5, 5.41) is 0. The van der Waals surface area contributed by atoms with Crippen molar-refractivity contribution in [2.75, 3.05) is 0 Å². The van der Waals surface area contributed by atoms with E-state index < -0.39 is 0 Å². The van der Waals surface area contributed by atoms with E-state index in [0.717, 1.165) is 22.5 Å². The van der Waals surface area contributed by atoms with Crippen LogP contribution in [0.1, 0.15) is 5.56 Å². The number of rotatable bonds is 2. The Bertz CT molecular complexity index is 531. The van der Waals surface area contributed by atoms with Crippen LogP contribution in [-0.4, -0.2) is 5.71 Å². The van der Waals surface area contributed by atoms with Gasteiger partial charge in [0.25, 0.3) is 0 Å². The average Bonchev–Trinajstić information content (AvgIpc) is 2.40. The molecule has 0 aromatic heterocycles. The molecular formula is C15H14N2. The minimum absolute atomic E-state index is 0.729. The van der Waals surface area contributed by atoms with Gasteiger partial charge in [-0.1, -0.05) is 55.1 Å². The number of allylic oxidation sites excluding steroid dienone is 5. The van der Waals surface area contributed by atoms with Crippen molar-refractivity contribution in [1.82, 2.24) is 0 Å². The van der Waals surface area contributed by atoms with Crippen LogP contribution >= 0.6 is 0 Å². The van der Waals surface area contributed by atoms with Gasteiger partial charge in [0.1, 0.15) is 0 Å². The van der Waals surface area contributed by atoms with Crippen LogP contribution in [0.25, 0.3) is 5.70 Å². The van der Waals surface area contributed by atoms with Gasteiger partial charge in [-0.2, -0.15) is 0 Å². The molecular weight excluding hydrogens is 208 g/mol. The molecule has 1 aromatic carbocycles.